The second-order valence-corrected chi connectivity index (χ2v) is 5.13. The number of hydrogen-bond acceptors (Lipinski definition) is 3. The van der Waals surface area contributed by atoms with E-state index < -0.39 is 0 Å². The molecule has 0 saturated carbocycles. The lowest BCUT2D eigenvalue weighted by Gasteiger charge is -2.12. The van der Waals surface area contributed by atoms with Crippen LogP contribution >= 0.6 is 34.8 Å². The number of nitrogens with zero attached hydrogens (tertiary/aromatic N) is 2. The number of aromatic nitrogens is 2. The quantitative estimate of drug-likeness (QED) is 0.805. The third kappa shape index (κ3) is 3.11. The van der Waals surface area contributed by atoms with Gasteiger partial charge in [0.1, 0.15) is 16.8 Å². The van der Waals surface area contributed by atoms with Crippen molar-refractivity contribution in [2.45, 2.75) is 20.3 Å². The molecule has 0 aliphatic carbocycles. The van der Waals surface area contributed by atoms with Gasteiger partial charge in [-0.15, -0.1) is 0 Å². The van der Waals surface area contributed by atoms with Gasteiger partial charge in [0.05, 0.1) is 15.7 Å². The molecule has 1 heterocycles. The Morgan fingerprint density at radius 1 is 1.16 bits per heavy atom. The summed E-state index contributed by atoms with van der Waals surface area (Å²) in [6.45, 7) is 3.82. The zero-order valence-electron chi connectivity index (χ0n) is 10.5. The normalized spacial score (nSPS) is 10.6. The fraction of sp³-hybridized carbons (Fsp3) is 0.231. The number of benzene rings is 1. The molecule has 2 aromatic rings. The van der Waals surface area contributed by atoms with Gasteiger partial charge >= 0.3 is 0 Å². The van der Waals surface area contributed by atoms with Crippen molar-refractivity contribution in [3.05, 3.63) is 44.8 Å². The van der Waals surface area contributed by atoms with Crippen LogP contribution in [0.3, 0.4) is 0 Å². The summed E-state index contributed by atoms with van der Waals surface area (Å²) in [6, 6.07) is 5.37. The van der Waals surface area contributed by atoms with Crippen molar-refractivity contribution in [3.63, 3.8) is 0 Å². The monoisotopic (exact) mass is 315 g/mol. The molecule has 0 unspecified atom stereocenters. The second kappa shape index (κ2) is 5.95. The van der Waals surface area contributed by atoms with Gasteiger partial charge in [-0.1, -0.05) is 47.8 Å². The SMILES string of the molecule is CCc1nc(Cl)c(C)c(Nc2cccc(Cl)c2Cl)n1. The predicted octanol–water partition coefficient (Wildman–Crippen LogP) is 5.05. The van der Waals surface area contributed by atoms with Gasteiger partial charge in [0.25, 0.3) is 0 Å². The molecular weight excluding hydrogens is 305 g/mol. The van der Waals surface area contributed by atoms with Crippen LogP contribution in [-0.4, -0.2) is 9.97 Å². The molecule has 1 aromatic heterocycles. The summed E-state index contributed by atoms with van der Waals surface area (Å²) in [7, 11) is 0. The van der Waals surface area contributed by atoms with Crippen LogP contribution in [0.15, 0.2) is 18.2 Å². The standard InChI is InChI=1S/C13H12Cl3N3/c1-3-10-18-12(16)7(2)13(19-10)17-9-6-4-5-8(14)11(9)15/h4-6H,3H2,1-2H3,(H,17,18,19). The molecule has 0 aliphatic heterocycles. The lowest BCUT2D eigenvalue weighted by atomic mass is 10.3. The van der Waals surface area contributed by atoms with Crippen LogP contribution in [0.4, 0.5) is 11.5 Å². The predicted molar refractivity (Wildman–Crippen MR) is 80.9 cm³/mol. The fourth-order valence-corrected chi connectivity index (χ4v) is 2.08. The van der Waals surface area contributed by atoms with Gasteiger partial charge in [-0.3, -0.25) is 0 Å². The van der Waals surface area contributed by atoms with E-state index in [1.807, 2.05) is 26.0 Å². The number of anilines is 2. The lowest BCUT2D eigenvalue weighted by Crippen LogP contribution is -2.03. The van der Waals surface area contributed by atoms with E-state index in [1.54, 1.807) is 6.07 Å². The molecular formula is C13H12Cl3N3. The van der Waals surface area contributed by atoms with Crippen molar-refractivity contribution >= 4 is 46.3 Å². The smallest absolute Gasteiger partial charge is 0.138 e. The topological polar surface area (TPSA) is 37.8 Å². The van der Waals surface area contributed by atoms with Gasteiger partial charge < -0.3 is 5.32 Å². The fourth-order valence-electron chi connectivity index (χ4n) is 1.54. The Morgan fingerprint density at radius 3 is 2.58 bits per heavy atom. The lowest BCUT2D eigenvalue weighted by molar-refractivity contribution is 0.934. The molecule has 6 heteroatoms. The molecule has 100 valence electrons. The summed E-state index contributed by atoms with van der Waals surface area (Å²) in [5.41, 5.74) is 1.46. The molecule has 2 rings (SSSR count). The highest BCUT2D eigenvalue weighted by Gasteiger charge is 2.11. The van der Waals surface area contributed by atoms with Crippen LogP contribution in [0.2, 0.25) is 15.2 Å². The Hall–Kier alpha value is -1.03. The number of halogens is 3. The molecule has 0 spiro atoms. The van der Waals surface area contributed by atoms with Crippen molar-refractivity contribution < 1.29 is 0 Å². The first-order valence-corrected chi connectivity index (χ1v) is 6.90. The maximum absolute atomic E-state index is 6.14. The molecule has 0 saturated heterocycles. The largest absolute Gasteiger partial charge is 0.339 e. The number of aryl methyl sites for hydroxylation is 1. The number of hydrogen-bond donors (Lipinski definition) is 1. The van der Waals surface area contributed by atoms with Gasteiger partial charge in [-0.2, -0.15) is 0 Å². The van der Waals surface area contributed by atoms with Gasteiger partial charge in [-0.05, 0) is 19.1 Å². The summed E-state index contributed by atoms with van der Waals surface area (Å²) < 4.78 is 0. The maximum Gasteiger partial charge on any atom is 0.138 e. The maximum atomic E-state index is 6.14. The second-order valence-electron chi connectivity index (χ2n) is 3.98. The molecule has 3 nitrogen and oxygen atoms in total. The van der Waals surface area contributed by atoms with Crippen molar-refractivity contribution in [2.24, 2.45) is 0 Å². The third-order valence-electron chi connectivity index (χ3n) is 2.65. The summed E-state index contributed by atoms with van der Waals surface area (Å²) in [6.07, 6.45) is 0.706. The average molecular weight is 317 g/mol. The van der Waals surface area contributed by atoms with E-state index in [0.29, 0.717) is 38.9 Å². The van der Waals surface area contributed by atoms with Crippen LogP contribution < -0.4 is 5.32 Å². The van der Waals surface area contributed by atoms with Gasteiger partial charge in [0.2, 0.25) is 0 Å². The van der Waals surface area contributed by atoms with E-state index in [2.05, 4.69) is 15.3 Å². The minimum absolute atomic E-state index is 0.438. The minimum atomic E-state index is 0.438. The molecule has 0 amide bonds. The first-order valence-electron chi connectivity index (χ1n) is 5.77. The summed E-state index contributed by atoms with van der Waals surface area (Å²) in [5.74, 6) is 1.32. The Morgan fingerprint density at radius 2 is 1.89 bits per heavy atom. The zero-order chi connectivity index (χ0) is 14.0. The van der Waals surface area contributed by atoms with Crippen molar-refractivity contribution in [3.8, 4) is 0 Å². The molecule has 1 aromatic carbocycles. The molecule has 0 bridgehead atoms. The summed E-state index contributed by atoms with van der Waals surface area (Å²) >= 11 is 18.2. The van der Waals surface area contributed by atoms with E-state index in [-0.39, 0.29) is 0 Å². The van der Waals surface area contributed by atoms with Crippen LogP contribution in [0.25, 0.3) is 0 Å². The Balaban J connectivity index is 2.43. The van der Waals surface area contributed by atoms with Crippen LogP contribution in [0.1, 0.15) is 18.3 Å². The van der Waals surface area contributed by atoms with E-state index in [0.717, 1.165) is 5.56 Å². The van der Waals surface area contributed by atoms with E-state index in [9.17, 15) is 0 Å². The first-order chi connectivity index (χ1) is 9.02. The average Bonchev–Trinajstić information content (AvgIpc) is 2.39. The third-order valence-corrected chi connectivity index (χ3v) is 3.84. The molecule has 0 fully saturated rings. The van der Waals surface area contributed by atoms with Gasteiger partial charge in [0.15, 0.2) is 0 Å². The Kier molecular flexibility index (Phi) is 4.50. The van der Waals surface area contributed by atoms with Crippen LogP contribution in [0.5, 0.6) is 0 Å². The molecule has 1 N–H and O–H groups in total. The zero-order valence-corrected chi connectivity index (χ0v) is 12.7. The number of nitrogens with one attached hydrogen (secondary N) is 1. The molecule has 19 heavy (non-hydrogen) atoms. The highest BCUT2D eigenvalue weighted by molar-refractivity contribution is 6.43. The van der Waals surface area contributed by atoms with E-state index >= 15 is 0 Å². The Bertz CT molecular complexity index is 614. The molecule has 0 aliphatic rings. The summed E-state index contributed by atoms with van der Waals surface area (Å²) in [4.78, 5) is 8.60. The van der Waals surface area contributed by atoms with Crippen molar-refractivity contribution in [2.75, 3.05) is 5.32 Å². The highest BCUT2D eigenvalue weighted by atomic mass is 35.5. The van der Waals surface area contributed by atoms with Gasteiger partial charge in [0, 0.05) is 12.0 Å². The van der Waals surface area contributed by atoms with E-state index in [4.69, 9.17) is 34.8 Å². The molecule has 0 radical (unpaired) electrons. The summed E-state index contributed by atoms with van der Waals surface area (Å²) in [5, 5.41) is 4.52. The van der Waals surface area contributed by atoms with E-state index in [1.165, 1.54) is 0 Å². The molecule has 0 atom stereocenters. The Labute approximate surface area is 126 Å². The number of rotatable bonds is 3. The highest BCUT2D eigenvalue weighted by Crippen LogP contribution is 2.32. The first kappa shape index (κ1) is 14.4. The van der Waals surface area contributed by atoms with Crippen LogP contribution in [0, 0.1) is 6.92 Å². The van der Waals surface area contributed by atoms with Crippen molar-refractivity contribution in [1.29, 1.82) is 0 Å². The van der Waals surface area contributed by atoms with Gasteiger partial charge in [-0.25, -0.2) is 9.97 Å². The van der Waals surface area contributed by atoms with Crippen molar-refractivity contribution in [1.82, 2.24) is 9.97 Å². The minimum Gasteiger partial charge on any atom is -0.339 e. The van der Waals surface area contributed by atoms with Crippen LogP contribution in [-0.2, 0) is 6.42 Å².